The molecule has 27 heavy (non-hydrogen) atoms. The van der Waals surface area contributed by atoms with E-state index in [1.165, 1.54) is 13.0 Å². The van der Waals surface area contributed by atoms with Crippen LogP contribution in [0, 0.1) is 0 Å². The Morgan fingerprint density at radius 3 is 2.37 bits per heavy atom. The molecular weight excluding hydrogens is 366 g/mol. The van der Waals surface area contributed by atoms with Crippen molar-refractivity contribution in [1.82, 2.24) is 5.32 Å². The van der Waals surface area contributed by atoms with Gasteiger partial charge in [-0.2, -0.15) is 0 Å². The molecule has 2 amide bonds. The third-order valence-electron chi connectivity index (χ3n) is 3.72. The average Bonchev–Trinajstić information content (AvgIpc) is 2.59. The van der Waals surface area contributed by atoms with E-state index < -0.39 is 15.9 Å². The quantitative estimate of drug-likeness (QED) is 0.719. The van der Waals surface area contributed by atoms with Crippen LogP contribution in [0.1, 0.15) is 12.5 Å². The number of nitrogens with one attached hydrogen (secondary N) is 2. The molecule has 0 radical (unpaired) electrons. The topological polar surface area (TPSA) is 95.6 Å². The molecule has 0 aliphatic rings. The van der Waals surface area contributed by atoms with Crippen molar-refractivity contribution < 1.29 is 18.0 Å². The molecule has 0 spiro atoms. The van der Waals surface area contributed by atoms with Crippen molar-refractivity contribution in [3.05, 3.63) is 60.2 Å². The van der Waals surface area contributed by atoms with E-state index in [9.17, 15) is 18.0 Å². The molecule has 0 aliphatic heterocycles. The Hall–Kier alpha value is -2.87. The Balaban J connectivity index is 2.04. The first kappa shape index (κ1) is 20.4. The van der Waals surface area contributed by atoms with E-state index in [0.717, 1.165) is 16.1 Å². The smallest absolute Gasteiger partial charge is 0.240 e. The van der Waals surface area contributed by atoms with Crippen LogP contribution in [-0.2, 0) is 26.0 Å². The van der Waals surface area contributed by atoms with Gasteiger partial charge in [0, 0.05) is 19.2 Å². The minimum absolute atomic E-state index is 0.267. The molecule has 2 N–H and O–H groups in total. The number of sulfonamides is 1. The SMILES string of the molecule is CC(=O)Nc1cccc(N(CC(=O)NCCc2ccccc2)S(C)(=O)=O)c1. The summed E-state index contributed by atoms with van der Waals surface area (Å²) >= 11 is 0. The summed E-state index contributed by atoms with van der Waals surface area (Å²) in [6, 6.07) is 16.0. The van der Waals surface area contributed by atoms with Crippen LogP contribution in [0.2, 0.25) is 0 Å². The molecular formula is C19H23N3O4S. The van der Waals surface area contributed by atoms with Crippen molar-refractivity contribution in [2.24, 2.45) is 0 Å². The average molecular weight is 389 g/mol. The highest BCUT2D eigenvalue weighted by Gasteiger charge is 2.21. The molecule has 0 heterocycles. The van der Waals surface area contributed by atoms with Crippen molar-refractivity contribution in [3.8, 4) is 0 Å². The molecule has 0 aliphatic carbocycles. The van der Waals surface area contributed by atoms with E-state index in [1.54, 1.807) is 18.2 Å². The molecule has 0 unspecified atom stereocenters. The molecule has 2 aromatic rings. The third-order valence-corrected chi connectivity index (χ3v) is 4.86. The van der Waals surface area contributed by atoms with E-state index in [0.29, 0.717) is 24.3 Å². The molecule has 8 heteroatoms. The molecule has 0 fully saturated rings. The first-order valence-corrected chi connectivity index (χ1v) is 10.3. The zero-order chi connectivity index (χ0) is 19.9. The summed E-state index contributed by atoms with van der Waals surface area (Å²) in [6.07, 6.45) is 1.69. The van der Waals surface area contributed by atoms with Gasteiger partial charge in [0.15, 0.2) is 0 Å². The van der Waals surface area contributed by atoms with Crippen molar-refractivity contribution in [2.75, 3.05) is 29.0 Å². The van der Waals surface area contributed by atoms with Gasteiger partial charge in [0.2, 0.25) is 21.8 Å². The molecule has 0 atom stereocenters. The second-order valence-corrected chi connectivity index (χ2v) is 7.99. The van der Waals surface area contributed by atoms with Crippen molar-refractivity contribution in [3.63, 3.8) is 0 Å². The molecule has 0 aromatic heterocycles. The van der Waals surface area contributed by atoms with Crippen LogP contribution in [0.25, 0.3) is 0 Å². The number of nitrogens with zero attached hydrogens (tertiary/aromatic N) is 1. The second kappa shape index (κ2) is 9.18. The predicted molar refractivity (Wildman–Crippen MR) is 106 cm³/mol. The first-order chi connectivity index (χ1) is 12.8. The lowest BCUT2D eigenvalue weighted by Gasteiger charge is -2.22. The van der Waals surface area contributed by atoms with Crippen LogP contribution < -0.4 is 14.9 Å². The van der Waals surface area contributed by atoms with Crippen molar-refractivity contribution in [1.29, 1.82) is 0 Å². The number of carbonyl (C=O) groups is 2. The number of anilines is 2. The van der Waals surface area contributed by atoms with E-state index in [1.807, 2.05) is 30.3 Å². The van der Waals surface area contributed by atoms with Crippen LogP contribution in [-0.4, -0.2) is 39.6 Å². The number of benzene rings is 2. The standard InChI is InChI=1S/C19H23N3O4S/c1-15(23)21-17-9-6-10-18(13-17)22(27(2,25)26)14-19(24)20-12-11-16-7-4-3-5-8-16/h3-10,13H,11-12,14H2,1-2H3,(H,20,24)(H,21,23). The van der Waals surface area contributed by atoms with Gasteiger partial charge in [0.1, 0.15) is 6.54 Å². The number of hydrogen-bond acceptors (Lipinski definition) is 4. The summed E-state index contributed by atoms with van der Waals surface area (Å²) in [7, 11) is -3.68. The van der Waals surface area contributed by atoms with Crippen LogP contribution in [0.4, 0.5) is 11.4 Å². The number of amides is 2. The van der Waals surface area contributed by atoms with Gasteiger partial charge in [-0.05, 0) is 30.2 Å². The summed E-state index contributed by atoms with van der Waals surface area (Å²) in [4.78, 5) is 23.4. The summed E-state index contributed by atoms with van der Waals surface area (Å²) in [5.41, 5.74) is 1.85. The zero-order valence-corrected chi connectivity index (χ0v) is 16.1. The molecule has 2 aromatic carbocycles. The molecule has 7 nitrogen and oxygen atoms in total. The number of hydrogen-bond donors (Lipinski definition) is 2. The van der Waals surface area contributed by atoms with Crippen molar-refractivity contribution in [2.45, 2.75) is 13.3 Å². The monoisotopic (exact) mass is 389 g/mol. The number of carbonyl (C=O) groups excluding carboxylic acids is 2. The van der Waals surface area contributed by atoms with Gasteiger partial charge in [0.25, 0.3) is 0 Å². The second-order valence-electron chi connectivity index (χ2n) is 6.09. The molecule has 0 saturated carbocycles. The van der Waals surface area contributed by atoms with Crippen LogP contribution in [0.3, 0.4) is 0 Å². The molecule has 144 valence electrons. The van der Waals surface area contributed by atoms with Gasteiger partial charge in [-0.3, -0.25) is 13.9 Å². The van der Waals surface area contributed by atoms with E-state index >= 15 is 0 Å². The Kier molecular flexibility index (Phi) is 6.95. The van der Waals surface area contributed by atoms with Gasteiger partial charge in [-0.15, -0.1) is 0 Å². The lowest BCUT2D eigenvalue weighted by molar-refractivity contribution is -0.119. The minimum Gasteiger partial charge on any atom is -0.354 e. The third kappa shape index (κ3) is 6.74. The van der Waals surface area contributed by atoms with Crippen LogP contribution in [0.15, 0.2) is 54.6 Å². The molecule has 2 rings (SSSR count). The maximum absolute atomic E-state index is 12.2. The minimum atomic E-state index is -3.68. The summed E-state index contributed by atoms with van der Waals surface area (Å²) in [5.74, 6) is -0.669. The van der Waals surface area contributed by atoms with Crippen molar-refractivity contribution >= 4 is 33.2 Å². The van der Waals surface area contributed by atoms with E-state index in [2.05, 4.69) is 10.6 Å². The lowest BCUT2D eigenvalue weighted by atomic mass is 10.1. The van der Waals surface area contributed by atoms with Gasteiger partial charge in [-0.25, -0.2) is 8.42 Å². The van der Waals surface area contributed by atoms with E-state index in [4.69, 9.17) is 0 Å². The number of rotatable bonds is 8. The Bertz CT molecular complexity index is 898. The molecule has 0 saturated heterocycles. The van der Waals surface area contributed by atoms with Crippen LogP contribution in [0.5, 0.6) is 0 Å². The highest BCUT2D eigenvalue weighted by molar-refractivity contribution is 7.92. The Morgan fingerprint density at radius 2 is 1.74 bits per heavy atom. The van der Waals surface area contributed by atoms with Gasteiger partial charge in [0.05, 0.1) is 11.9 Å². The summed E-state index contributed by atoms with van der Waals surface area (Å²) in [6.45, 7) is 1.44. The van der Waals surface area contributed by atoms with Gasteiger partial charge < -0.3 is 10.6 Å². The molecule has 0 bridgehead atoms. The maximum atomic E-state index is 12.2. The Morgan fingerprint density at radius 1 is 1.04 bits per heavy atom. The fourth-order valence-corrected chi connectivity index (χ4v) is 3.37. The van der Waals surface area contributed by atoms with Crippen LogP contribution >= 0.6 is 0 Å². The Labute approximate surface area is 159 Å². The highest BCUT2D eigenvalue weighted by atomic mass is 32.2. The van der Waals surface area contributed by atoms with E-state index in [-0.39, 0.29) is 12.5 Å². The maximum Gasteiger partial charge on any atom is 0.240 e. The fourth-order valence-electron chi connectivity index (χ4n) is 2.52. The summed E-state index contributed by atoms with van der Waals surface area (Å²) < 4.78 is 25.3. The lowest BCUT2D eigenvalue weighted by Crippen LogP contribution is -2.41. The van der Waals surface area contributed by atoms with Gasteiger partial charge >= 0.3 is 0 Å². The fraction of sp³-hybridized carbons (Fsp3) is 0.263. The largest absolute Gasteiger partial charge is 0.354 e. The highest BCUT2D eigenvalue weighted by Crippen LogP contribution is 2.21. The first-order valence-electron chi connectivity index (χ1n) is 8.41. The predicted octanol–water partition coefficient (Wildman–Crippen LogP) is 1.77. The zero-order valence-electron chi connectivity index (χ0n) is 15.3. The van der Waals surface area contributed by atoms with Gasteiger partial charge in [-0.1, -0.05) is 36.4 Å². The summed E-state index contributed by atoms with van der Waals surface area (Å²) in [5, 5.41) is 5.33. The normalized spacial score (nSPS) is 10.9.